The molecule has 0 unspecified atom stereocenters. The van der Waals surface area contributed by atoms with E-state index in [2.05, 4.69) is 22.0 Å². The predicted molar refractivity (Wildman–Crippen MR) is 60.6 cm³/mol. The molecule has 0 aromatic heterocycles. The molecule has 1 aromatic carbocycles. The summed E-state index contributed by atoms with van der Waals surface area (Å²) in [6, 6.07) is 7.96. The first-order valence-electron chi connectivity index (χ1n) is 3.78. The number of hydrogen-bond acceptors (Lipinski definition) is 1. The van der Waals surface area contributed by atoms with Crippen molar-refractivity contribution in [3.8, 4) is 0 Å². The van der Waals surface area contributed by atoms with Gasteiger partial charge in [0.15, 0.2) is 0 Å². The van der Waals surface area contributed by atoms with Crippen molar-refractivity contribution < 1.29 is 0 Å². The molecule has 0 aliphatic rings. The van der Waals surface area contributed by atoms with Crippen molar-refractivity contribution in [3.05, 3.63) is 29.3 Å². The summed E-state index contributed by atoms with van der Waals surface area (Å²) in [5.41, 5.74) is 0. The summed E-state index contributed by atoms with van der Waals surface area (Å²) in [5.74, 6) is 1.12. The number of alkyl halides is 1. The lowest BCUT2D eigenvalue weighted by molar-refractivity contribution is 1.13. The molecular weight excluding hydrogens is 256 g/mol. The van der Waals surface area contributed by atoms with Gasteiger partial charge in [0.05, 0.1) is 5.02 Å². The zero-order valence-corrected chi connectivity index (χ0v) is 9.75. The zero-order chi connectivity index (χ0) is 8.81. The summed E-state index contributed by atoms with van der Waals surface area (Å²) in [5, 5.41) is 1.92. The van der Waals surface area contributed by atoms with E-state index in [-0.39, 0.29) is 0 Å². The molecule has 0 atom stereocenters. The molecule has 3 heteroatoms. The highest BCUT2D eigenvalue weighted by Gasteiger charge is 1.97. The van der Waals surface area contributed by atoms with E-state index in [1.807, 2.05) is 30.0 Å². The Balaban J connectivity index is 2.46. The van der Waals surface area contributed by atoms with Crippen LogP contribution in [0.25, 0.3) is 0 Å². The molecule has 0 amide bonds. The molecule has 0 fully saturated rings. The van der Waals surface area contributed by atoms with Gasteiger partial charge >= 0.3 is 0 Å². The second kappa shape index (κ2) is 5.90. The molecule has 0 spiro atoms. The number of halogens is 2. The normalized spacial score (nSPS) is 10.2. The van der Waals surface area contributed by atoms with E-state index in [9.17, 15) is 0 Å². The molecule has 0 saturated carbocycles. The Morgan fingerprint density at radius 1 is 1.33 bits per heavy atom. The third-order valence-corrected chi connectivity index (χ3v) is 3.53. The standard InChI is InChI=1S/C9H10BrClS/c10-6-3-7-12-9-5-2-1-4-8(9)11/h1-2,4-5H,3,6-7H2. The van der Waals surface area contributed by atoms with Gasteiger partial charge in [0.2, 0.25) is 0 Å². The molecule has 0 saturated heterocycles. The monoisotopic (exact) mass is 264 g/mol. The van der Waals surface area contributed by atoms with Crippen LogP contribution in [0.15, 0.2) is 29.2 Å². The lowest BCUT2D eigenvalue weighted by Crippen LogP contribution is -1.80. The molecule has 12 heavy (non-hydrogen) atoms. The summed E-state index contributed by atoms with van der Waals surface area (Å²) in [6.45, 7) is 0. The minimum absolute atomic E-state index is 0.858. The van der Waals surface area contributed by atoms with Crippen molar-refractivity contribution in [2.24, 2.45) is 0 Å². The second-order valence-corrected chi connectivity index (χ2v) is 4.66. The quantitative estimate of drug-likeness (QED) is 0.446. The van der Waals surface area contributed by atoms with Crippen molar-refractivity contribution in [3.63, 3.8) is 0 Å². The summed E-state index contributed by atoms with van der Waals surface area (Å²) in [4.78, 5) is 1.18. The van der Waals surface area contributed by atoms with Crippen LogP contribution in [0.5, 0.6) is 0 Å². The van der Waals surface area contributed by atoms with Crippen molar-refractivity contribution in [2.75, 3.05) is 11.1 Å². The van der Waals surface area contributed by atoms with Gasteiger partial charge in [-0.05, 0) is 24.3 Å². The Hall–Kier alpha value is 0.340. The summed E-state index contributed by atoms with van der Waals surface area (Å²) < 4.78 is 0. The van der Waals surface area contributed by atoms with Crippen LogP contribution in [-0.4, -0.2) is 11.1 Å². The van der Waals surface area contributed by atoms with E-state index in [0.29, 0.717) is 0 Å². The fraction of sp³-hybridized carbons (Fsp3) is 0.333. The third kappa shape index (κ3) is 3.38. The lowest BCUT2D eigenvalue weighted by atomic mass is 10.4. The van der Waals surface area contributed by atoms with Gasteiger partial charge < -0.3 is 0 Å². The molecule has 0 heterocycles. The van der Waals surface area contributed by atoms with Crippen molar-refractivity contribution in [2.45, 2.75) is 11.3 Å². The molecule has 0 nitrogen and oxygen atoms in total. The van der Waals surface area contributed by atoms with E-state index in [1.165, 1.54) is 11.3 Å². The van der Waals surface area contributed by atoms with Crippen LogP contribution in [-0.2, 0) is 0 Å². The van der Waals surface area contributed by atoms with Crippen LogP contribution in [0.3, 0.4) is 0 Å². The molecule has 66 valence electrons. The van der Waals surface area contributed by atoms with E-state index in [0.717, 1.165) is 16.1 Å². The maximum atomic E-state index is 5.97. The maximum Gasteiger partial charge on any atom is 0.0541 e. The molecule has 0 aliphatic carbocycles. The van der Waals surface area contributed by atoms with E-state index < -0.39 is 0 Å². The van der Waals surface area contributed by atoms with Crippen LogP contribution >= 0.6 is 39.3 Å². The minimum atomic E-state index is 0.858. The Labute approximate surface area is 90.8 Å². The highest BCUT2D eigenvalue weighted by Crippen LogP contribution is 2.26. The smallest absolute Gasteiger partial charge is 0.0541 e. The van der Waals surface area contributed by atoms with Gasteiger partial charge in [-0.25, -0.2) is 0 Å². The second-order valence-electron chi connectivity index (χ2n) is 2.32. The Morgan fingerprint density at radius 2 is 2.08 bits per heavy atom. The van der Waals surface area contributed by atoms with Gasteiger partial charge in [0.25, 0.3) is 0 Å². The Bertz CT molecular complexity index is 240. The lowest BCUT2D eigenvalue weighted by Gasteiger charge is -2.01. The molecule has 0 radical (unpaired) electrons. The van der Waals surface area contributed by atoms with Gasteiger partial charge in [0, 0.05) is 10.2 Å². The first kappa shape index (κ1) is 10.4. The molecule has 0 bridgehead atoms. The number of thioether (sulfide) groups is 1. The summed E-state index contributed by atoms with van der Waals surface area (Å²) in [6.07, 6.45) is 1.18. The van der Waals surface area contributed by atoms with Crippen LogP contribution < -0.4 is 0 Å². The minimum Gasteiger partial charge on any atom is -0.125 e. The Morgan fingerprint density at radius 3 is 2.75 bits per heavy atom. The van der Waals surface area contributed by atoms with Crippen LogP contribution in [0.1, 0.15) is 6.42 Å². The molecule has 0 N–H and O–H groups in total. The first-order valence-corrected chi connectivity index (χ1v) is 6.26. The van der Waals surface area contributed by atoms with Gasteiger partial charge in [-0.3, -0.25) is 0 Å². The predicted octanol–water partition coefficient (Wildman–Crippen LogP) is 4.22. The Kier molecular flexibility index (Phi) is 5.12. The largest absolute Gasteiger partial charge is 0.125 e. The number of hydrogen-bond donors (Lipinski definition) is 0. The zero-order valence-electron chi connectivity index (χ0n) is 6.59. The fourth-order valence-corrected chi connectivity index (χ4v) is 2.64. The SMILES string of the molecule is Clc1ccccc1SCCCBr. The van der Waals surface area contributed by atoms with E-state index in [1.54, 1.807) is 0 Å². The van der Waals surface area contributed by atoms with Crippen molar-refractivity contribution in [1.82, 2.24) is 0 Å². The summed E-state index contributed by atoms with van der Waals surface area (Å²) in [7, 11) is 0. The van der Waals surface area contributed by atoms with Crippen LogP contribution in [0.4, 0.5) is 0 Å². The van der Waals surface area contributed by atoms with Crippen molar-refractivity contribution in [1.29, 1.82) is 0 Å². The molecule has 1 aromatic rings. The fourth-order valence-electron chi connectivity index (χ4n) is 0.798. The first-order chi connectivity index (χ1) is 5.84. The maximum absolute atomic E-state index is 5.97. The molecule has 0 aliphatic heterocycles. The van der Waals surface area contributed by atoms with Gasteiger partial charge in [-0.15, -0.1) is 11.8 Å². The van der Waals surface area contributed by atoms with Crippen molar-refractivity contribution >= 4 is 39.3 Å². The number of benzene rings is 1. The van der Waals surface area contributed by atoms with Gasteiger partial charge in [-0.1, -0.05) is 39.7 Å². The highest BCUT2D eigenvalue weighted by molar-refractivity contribution is 9.09. The van der Waals surface area contributed by atoms with Gasteiger partial charge in [-0.2, -0.15) is 0 Å². The third-order valence-electron chi connectivity index (χ3n) is 1.37. The molecular formula is C9H10BrClS. The van der Waals surface area contributed by atoms with E-state index >= 15 is 0 Å². The molecule has 1 rings (SSSR count). The topological polar surface area (TPSA) is 0 Å². The summed E-state index contributed by atoms with van der Waals surface area (Å²) >= 11 is 11.2. The average molecular weight is 266 g/mol. The highest BCUT2D eigenvalue weighted by atomic mass is 79.9. The average Bonchev–Trinajstić information content (AvgIpc) is 2.09. The van der Waals surface area contributed by atoms with Crippen LogP contribution in [0, 0.1) is 0 Å². The van der Waals surface area contributed by atoms with E-state index in [4.69, 9.17) is 11.6 Å². The van der Waals surface area contributed by atoms with Crippen LogP contribution in [0.2, 0.25) is 5.02 Å². The number of rotatable bonds is 4. The van der Waals surface area contributed by atoms with Gasteiger partial charge in [0.1, 0.15) is 0 Å².